The first kappa shape index (κ1) is 16.0. The van der Waals surface area contributed by atoms with Crippen molar-refractivity contribution in [3.05, 3.63) is 65.5 Å². The van der Waals surface area contributed by atoms with Gasteiger partial charge in [0.15, 0.2) is 0 Å². The highest BCUT2D eigenvalue weighted by Crippen LogP contribution is 2.60. The molecule has 3 heteroatoms. The van der Waals surface area contributed by atoms with E-state index in [-0.39, 0.29) is 11.3 Å². The van der Waals surface area contributed by atoms with Crippen molar-refractivity contribution in [2.24, 2.45) is 17.8 Å². The number of amides is 1. The van der Waals surface area contributed by atoms with E-state index in [1.165, 1.54) is 44.2 Å². The standard InChI is InChI=1S/C23H26N2O/c26-22(25-15-16-4-2-1-3-5-16)20-6-7-24-21(11-20)23-12-17-8-18(13-23)10-19(9-17)14-23/h1-7,11,17-19H,8-10,12-15H2,(H,25,26). The molecule has 4 saturated carbocycles. The van der Waals surface area contributed by atoms with Gasteiger partial charge in [0.2, 0.25) is 0 Å². The Kier molecular flexibility index (Phi) is 3.84. The minimum absolute atomic E-state index is 0.00207. The number of nitrogens with one attached hydrogen (secondary N) is 1. The number of pyridine rings is 1. The van der Waals surface area contributed by atoms with Gasteiger partial charge in [0.1, 0.15) is 0 Å². The lowest BCUT2D eigenvalue weighted by Crippen LogP contribution is -2.49. The van der Waals surface area contributed by atoms with Crippen molar-refractivity contribution in [3.63, 3.8) is 0 Å². The molecule has 26 heavy (non-hydrogen) atoms. The quantitative estimate of drug-likeness (QED) is 0.887. The van der Waals surface area contributed by atoms with E-state index in [0.29, 0.717) is 6.54 Å². The summed E-state index contributed by atoms with van der Waals surface area (Å²) in [5.41, 5.74) is 3.28. The van der Waals surface area contributed by atoms with Crippen molar-refractivity contribution in [1.82, 2.24) is 10.3 Å². The second-order valence-electron chi connectivity index (χ2n) is 8.80. The van der Waals surface area contributed by atoms with Gasteiger partial charge in [0.25, 0.3) is 5.91 Å². The van der Waals surface area contributed by atoms with E-state index in [9.17, 15) is 4.79 Å². The predicted octanol–water partition coefficient (Wildman–Crippen LogP) is 4.48. The molecule has 0 saturated heterocycles. The summed E-state index contributed by atoms with van der Waals surface area (Å²) in [5, 5.41) is 3.05. The van der Waals surface area contributed by atoms with Gasteiger partial charge in [0, 0.05) is 29.4 Å². The third-order valence-electron chi connectivity index (χ3n) is 6.90. The number of benzene rings is 1. The molecule has 4 bridgehead atoms. The minimum Gasteiger partial charge on any atom is -0.348 e. The third-order valence-corrected chi connectivity index (χ3v) is 6.90. The number of hydrogen-bond donors (Lipinski definition) is 1. The largest absolute Gasteiger partial charge is 0.348 e. The van der Waals surface area contributed by atoms with Gasteiger partial charge in [-0.3, -0.25) is 9.78 Å². The van der Waals surface area contributed by atoms with E-state index in [4.69, 9.17) is 4.98 Å². The Bertz CT molecular complexity index is 779. The molecule has 1 heterocycles. The molecule has 0 atom stereocenters. The van der Waals surface area contributed by atoms with E-state index in [1.807, 2.05) is 42.6 Å². The van der Waals surface area contributed by atoms with E-state index in [1.54, 1.807) is 0 Å². The zero-order valence-electron chi connectivity index (χ0n) is 15.2. The third kappa shape index (κ3) is 2.84. The van der Waals surface area contributed by atoms with Crippen LogP contribution in [0.5, 0.6) is 0 Å². The van der Waals surface area contributed by atoms with E-state index >= 15 is 0 Å². The van der Waals surface area contributed by atoms with Gasteiger partial charge in [0.05, 0.1) is 0 Å². The van der Waals surface area contributed by atoms with Crippen molar-refractivity contribution in [2.45, 2.75) is 50.5 Å². The molecule has 0 spiro atoms. The first-order chi connectivity index (χ1) is 12.7. The van der Waals surface area contributed by atoms with Gasteiger partial charge < -0.3 is 5.32 Å². The Morgan fingerprint density at radius 3 is 2.31 bits per heavy atom. The fraction of sp³-hybridized carbons (Fsp3) is 0.478. The fourth-order valence-electron chi connectivity index (χ4n) is 6.17. The van der Waals surface area contributed by atoms with Gasteiger partial charge in [-0.25, -0.2) is 0 Å². The van der Waals surface area contributed by atoms with Gasteiger partial charge in [-0.1, -0.05) is 30.3 Å². The molecular weight excluding hydrogens is 320 g/mol. The molecule has 1 amide bonds. The van der Waals surface area contributed by atoms with Crippen LogP contribution in [-0.4, -0.2) is 10.9 Å². The van der Waals surface area contributed by atoms with Crippen molar-refractivity contribution < 1.29 is 4.79 Å². The number of hydrogen-bond acceptors (Lipinski definition) is 2. The zero-order chi connectivity index (χ0) is 17.6. The molecular formula is C23H26N2O. The molecule has 0 unspecified atom stereocenters. The van der Waals surface area contributed by atoms with Crippen LogP contribution >= 0.6 is 0 Å². The molecule has 4 fully saturated rings. The first-order valence-electron chi connectivity index (χ1n) is 9.99. The fourth-order valence-corrected chi connectivity index (χ4v) is 6.17. The van der Waals surface area contributed by atoms with Crippen molar-refractivity contribution in [3.8, 4) is 0 Å². The highest BCUT2D eigenvalue weighted by Gasteiger charge is 2.52. The van der Waals surface area contributed by atoms with Gasteiger partial charge in [-0.05, 0) is 74.0 Å². The molecule has 1 aromatic heterocycles. The minimum atomic E-state index is 0.00207. The number of carbonyl (C=O) groups excluding carboxylic acids is 1. The van der Waals surface area contributed by atoms with Crippen LogP contribution in [0.15, 0.2) is 48.7 Å². The Balaban J connectivity index is 1.35. The molecule has 2 aromatic rings. The van der Waals surface area contributed by atoms with Crippen LogP contribution < -0.4 is 5.32 Å². The number of carbonyl (C=O) groups is 1. The molecule has 3 nitrogen and oxygen atoms in total. The second kappa shape index (κ2) is 6.22. The van der Waals surface area contributed by atoms with Crippen molar-refractivity contribution in [1.29, 1.82) is 0 Å². The monoisotopic (exact) mass is 346 g/mol. The molecule has 1 aromatic carbocycles. The second-order valence-corrected chi connectivity index (χ2v) is 8.80. The summed E-state index contributed by atoms with van der Waals surface area (Å²) in [5.74, 6) is 2.66. The molecule has 0 aliphatic heterocycles. The topological polar surface area (TPSA) is 42.0 Å². The smallest absolute Gasteiger partial charge is 0.251 e. The molecule has 1 N–H and O–H groups in total. The number of aromatic nitrogens is 1. The van der Waals surface area contributed by atoms with Gasteiger partial charge in [-0.15, -0.1) is 0 Å². The Morgan fingerprint density at radius 1 is 1.00 bits per heavy atom. The summed E-state index contributed by atoms with van der Waals surface area (Å²) in [6.07, 6.45) is 9.96. The molecule has 4 aliphatic carbocycles. The van der Waals surface area contributed by atoms with E-state index in [2.05, 4.69) is 11.4 Å². The maximum absolute atomic E-state index is 12.7. The predicted molar refractivity (Wildman–Crippen MR) is 102 cm³/mol. The van der Waals surface area contributed by atoms with Crippen LogP contribution in [-0.2, 0) is 12.0 Å². The van der Waals surface area contributed by atoms with Crippen LogP contribution in [0, 0.1) is 17.8 Å². The first-order valence-corrected chi connectivity index (χ1v) is 9.99. The summed E-state index contributed by atoms with van der Waals surface area (Å²) >= 11 is 0. The highest BCUT2D eigenvalue weighted by molar-refractivity contribution is 5.94. The molecule has 134 valence electrons. The van der Waals surface area contributed by atoms with Crippen LogP contribution in [0.3, 0.4) is 0 Å². The summed E-state index contributed by atoms with van der Waals surface area (Å²) < 4.78 is 0. The van der Waals surface area contributed by atoms with Crippen molar-refractivity contribution in [2.75, 3.05) is 0 Å². The number of rotatable bonds is 4. The number of nitrogens with zero attached hydrogens (tertiary/aromatic N) is 1. The SMILES string of the molecule is O=C(NCc1ccccc1)c1ccnc(C23CC4CC(CC(C4)C2)C3)c1. The summed E-state index contributed by atoms with van der Waals surface area (Å²) in [6.45, 7) is 0.564. The Hall–Kier alpha value is -2.16. The Labute approximate surface area is 155 Å². The normalized spacial score (nSPS) is 31.8. The van der Waals surface area contributed by atoms with Crippen LogP contribution in [0.1, 0.15) is 60.1 Å². The Morgan fingerprint density at radius 2 is 1.65 bits per heavy atom. The highest BCUT2D eigenvalue weighted by atomic mass is 16.1. The van der Waals surface area contributed by atoms with E-state index < -0.39 is 0 Å². The lowest BCUT2D eigenvalue weighted by atomic mass is 9.48. The van der Waals surface area contributed by atoms with Gasteiger partial charge >= 0.3 is 0 Å². The molecule has 4 aliphatic rings. The maximum atomic E-state index is 12.7. The molecule has 0 radical (unpaired) electrons. The maximum Gasteiger partial charge on any atom is 0.251 e. The van der Waals surface area contributed by atoms with Crippen LogP contribution in [0.2, 0.25) is 0 Å². The van der Waals surface area contributed by atoms with Crippen LogP contribution in [0.4, 0.5) is 0 Å². The van der Waals surface area contributed by atoms with Gasteiger partial charge in [-0.2, -0.15) is 0 Å². The molecule has 6 rings (SSSR count). The van der Waals surface area contributed by atoms with E-state index in [0.717, 1.165) is 28.9 Å². The average molecular weight is 346 g/mol. The lowest BCUT2D eigenvalue weighted by molar-refractivity contribution is -0.00722. The summed E-state index contributed by atoms with van der Waals surface area (Å²) in [4.78, 5) is 17.4. The summed E-state index contributed by atoms with van der Waals surface area (Å²) in [7, 11) is 0. The zero-order valence-corrected chi connectivity index (χ0v) is 15.2. The average Bonchev–Trinajstić information content (AvgIpc) is 2.66. The lowest BCUT2D eigenvalue weighted by Gasteiger charge is -2.56. The van der Waals surface area contributed by atoms with Crippen molar-refractivity contribution >= 4 is 5.91 Å². The summed E-state index contributed by atoms with van der Waals surface area (Å²) in [6, 6.07) is 14.0. The van der Waals surface area contributed by atoms with Crippen LogP contribution in [0.25, 0.3) is 0 Å².